The largest absolute Gasteiger partial charge is 0.384 e. The molecule has 0 saturated carbocycles. The monoisotopic (exact) mass is 236 g/mol. The molecule has 4 nitrogen and oxygen atoms in total. The maximum atomic E-state index is 11.6. The third-order valence-electron chi connectivity index (χ3n) is 2.37. The Bertz CT molecular complexity index is 364. The van der Waals surface area contributed by atoms with Crippen LogP contribution in [0.4, 0.5) is 5.69 Å². The lowest BCUT2D eigenvalue weighted by molar-refractivity contribution is -0.116. The fraction of sp³-hybridized carbons (Fsp3) is 0.462. The van der Waals surface area contributed by atoms with Crippen molar-refractivity contribution in [3.05, 3.63) is 29.8 Å². The minimum Gasteiger partial charge on any atom is -0.384 e. The van der Waals surface area contributed by atoms with E-state index in [1.54, 1.807) is 7.11 Å². The molecule has 1 rings (SSSR count). The number of para-hydroxylation sites is 1. The molecule has 0 spiro atoms. The second kappa shape index (κ2) is 7.04. The Morgan fingerprint density at radius 2 is 2.18 bits per heavy atom. The maximum Gasteiger partial charge on any atom is 0.225 e. The molecule has 1 aromatic rings. The number of hydrogen-bond acceptors (Lipinski definition) is 3. The van der Waals surface area contributed by atoms with Gasteiger partial charge in [0.15, 0.2) is 0 Å². The van der Waals surface area contributed by atoms with Crippen LogP contribution in [0, 0.1) is 0 Å². The number of benzene rings is 1. The van der Waals surface area contributed by atoms with Crippen molar-refractivity contribution in [2.45, 2.75) is 25.8 Å². The van der Waals surface area contributed by atoms with E-state index in [0.29, 0.717) is 13.0 Å². The SMILES string of the molecule is COCCc1ccccc1NC(=O)CC(C)N. The summed E-state index contributed by atoms with van der Waals surface area (Å²) in [6.45, 7) is 2.45. The first-order chi connectivity index (χ1) is 8.13. The van der Waals surface area contributed by atoms with Gasteiger partial charge in [-0.2, -0.15) is 0 Å². The number of ether oxygens (including phenoxy) is 1. The number of nitrogens with two attached hydrogens (primary N) is 1. The van der Waals surface area contributed by atoms with Gasteiger partial charge in [0.05, 0.1) is 6.61 Å². The zero-order valence-corrected chi connectivity index (χ0v) is 10.4. The average molecular weight is 236 g/mol. The van der Waals surface area contributed by atoms with Crippen molar-refractivity contribution in [3.63, 3.8) is 0 Å². The molecule has 0 aliphatic carbocycles. The van der Waals surface area contributed by atoms with Gasteiger partial charge in [-0.1, -0.05) is 18.2 Å². The summed E-state index contributed by atoms with van der Waals surface area (Å²) >= 11 is 0. The topological polar surface area (TPSA) is 64.3 Å². The fourth-order valence-corrected chi connectivity index (χ4v) is 1.57. The molecule has 1 amide bonds. The number of nitrogens with one attached hydrogen (secondary N) is 1. The highest BCUT2D eigenvalue weighted by molar-refractivity contribution is 5.91. The number of methoxy groups -OCH3 is 1. The molecule has 0 aromatic heterocycles. The minimum absolute atomic E-state index is 0.0510. The number of carbonyl (C=O) groups is 1. The number of carbonyl (C=O) groups excluding carboxylic acids is 1. The summed E-state index contributed by atoms with van der Waals surface area (Å²) in [6, 6.07) is 7.61. The van der Waals surface area contributed by atoms with E-state index in [2.05, 4.69) is 5.32 Å². The molecule has 4 heteroatoms. The zero-order chi connectivity index (χ0) is 12.7. The van der Waals surface area contributed by atoms with Crippen LogP contribution in [-0.2, 0) is 16.0 Å². The molecule has 0 bridgehead atoms. The van der Waals surface area contributed by atoms with Gasteiger partial charge in [0, 0.05) is 25.3 Å². The lowest BCUT2D eigenvalue weighted by Gasteiger charge is -2.11. The van der Waals surface area contributed by atoms with Gasteiger partial charge in [-0.3, -0.25) is 4.79 Å². The Labute approximate surface area is 102 Å². The number of anilines is 1. The first-order valence-electron chi connectivity index (χ1n) is 5.75. The minimum atomic E-state index is -0.124. The quantitative estimate of drug-likeness (QED) is 0.787. The number of amides is 1. The van der Waals surface area contributed by atoms with Gasteiger partial charge in [-0.15, -0.1) is 0 Å². The van der Waals surface area contributed by atoms with Crippen LogP contribution < -0.4 is 11.1 Å². The molecule has 1 unspecified atom stereocenters. The normalized spacial score (nSPS) is 12.2. The van der Waals surface area contributed by atoms with Crippen molar-refractivity contribution < 1.29 is 9.53 Å². The van der Waals surface area contributed by atoms with Crippen molar-refractivity contribution in [2.75, 3.05) is 19.0 Å². The summed E-state index contributed by atoms with van der Waals surface area (Å²) in [6.07, 6.45) is 1.11. The van der Waals surface area contributed by atoms with Gasteiger partial charge in [0.25, 0.3) is 0 Å². The Balaban J connectivity index is 2.65. The first kappa shape index (κ1) is 13.7. The van der Waals surface area contributed by atoms with Gasteiger partial charge in [0.1, 0.15) is 0 Å². The highest BCUT2D eigenvalue weighted by atomic mass is 16.5. The predicted molar refractivity (Wildman–Crippen MR) is 68.9 cm³/mol. The molecule has 3 N–H and O–H groups in total. The summed E-state index contributed by atoms with van der Waals surface area (Å²) in [5, 5.41) is 2.88. The molecule has 0 radical (unpaired) electrons. The second-order valence-corrected chi connectivity index (χ2v) is 4.13. The highest BCUT2D eigenvalue weighted by Gasteiger charge is 2.08. The maximum absolute atomic E-state index is 11.6. The molecule has 0 saturated heterocycles. The van der Waals surface area contributed by atoms with Gasteiger partial charge in [-0.25, -0.2) is 0 Å². The van der Waals surface area contributed by atoms with Crippen molar-refractivity contribution in [1.82, 2.24) is 0 Å². The summed E-state index contributed by atoms with van der Waals surface area (Å²) in [7, 11) is 1.66. The lowest BCUT2D eigenvalue weighted by atomic mass is 10.1. The van der Waals surface area contributed by atoms with Crippen molar-refractivity contribution in [2.24, 2.45) is 5.73 Å². The van der Waals surface area contributed by atoms with E-state index in [0.717, 1.165) is 17.7 Å². The van der Waals surface area contributed by atoms with Gasteiger partial charge >= 0.3 is 0 Å². The van der Waals surface area contributed by atoms with Crippen LogP contribution in [0.3, 0.4) is 0 Å². The Hall–Kier alpha value is -1.39. The van der Waals surface area contributed by atoms with Crippen LogP contribution in [0.25, 0.3) is 0 Å². The molecule has 1 aromatic carbocycles. The number of hydrogen-bond donors (Lipinski definition) is 2. The summed E-state index contributed by atoms with van der Waals surface area (Å²) < 4.78 is 5.04. The van der Waals surface area contributed by atoms with Crippen LogP contribution in [0.15, 0.2) is 24.3 Å². The van der Waals surface area contributed by atoms with Crippen molar-refractivity contribution in [1.29, 1.82) is 0 Å². The molecule has 1 atom stereocenters. The van der Waals surface area contributed by atoms with Crippen LogP contribution >= 0.6 is 0 Å². The fourth-order valence-electron chi connectivity index (χ4n) is 1.57. The lowest BCUT2D eigenvalue weighted by Crippen LogP contribution is -2.24. The zero-order valence-electron chi connectivity index (χ0n) is 10.4. The smallest absolute Gasteiger partial charge is 0.225 e. The van der Waals surface area contributed by atoms with E-state index < -0.39 is 0 Å². The van der Waals surface area contributed by atoms with E-state index in [1.807, 2.05) is 31.2 Å². The second-order valence-electron chi connectivity index (χ2n) is 4.13. The molecule has 0 fully saturated rings. The Morgan fingerprint density at radius 1 is 1.47 bits per heavy atom. The molecule has 0 aliphatic rings. The van der Waals surface area contributed by atoms with Crippen molar-refractivity contribution in [3.8, 4) is 0 Å². The summed E-state index contributed by atoms with van der Waals surface area (Å²) in [5.74, 6) is -0.0510. The van der Waals surface area contributed by atoms with Crippen LogP contribution in [0.1, 0.15) is 18.9 Å². The molecule has 17 heavy (non-hydrogen) atoms. The molecule has 94 valence electrons. The average Bonchev–Trinajstić information content (AvgIpc) is 2.26. The Kier molecular flexibility index (Phi) is 5.66. The van der Waals surface area contributed by atoms with E-state index >= 15 is 0 Å². The van der Waals surface area contributed by atoms with Crippen LogP contribution in [0.2, 0.25) is 0 Å². The molecule has 0 heterocycles. The first-order valence-corrected chi connectivity index (χ1v) is 5.75. The number of rotatable bonds is 6. The van der Waals surface area contributed by atoms with Gasteiger partial charge in [0.2, 0.25) is 5.91 Å². The molecular formula is C13H20N2O2. The van der Waals surface area contributed by atoms with Gasteiger partial charge in [-0.05, 0) is 25.0 Å². The van der Waals surface area contributed by atoms with E-state index in [9.17, 15) is 4.79 Å². The van der Waals surface area contributed by atoms with E-state index in [-0.39, 0.29) is 11.9 Å². The Morgan fingerprint density at radius 3 is 2.82 bits per heavy atom. The summed E-state index contributed by atoms with van der Waals surface area (Å²) in [5.41, 5.74) is 7.50. The standard InChI is InChI=1S/C13H20N2O2/c1-10(14)9-13(16)15-12-6-4-3-5-11(12)7-8-17-2/h3-6,10H,7-9,14H2,1-2H3,(H,15,16). The third kappa shape index (κ3) is 4.97. The van der Waals surface area contributed by atoms with Crippen molar-refractivity contribution >= 4 is 11.6 Å². The van der Waals surface area contributed by atoms with E-state index in [4.69, 9.17) is 10.5 Å². The van der Waals surface area contributed by atoms with Gasteiger partial charge < -0.3 is 15.8 Å². The third-order valence-corrected chi connectivity index (χ3v) is 2.37. The highest BCUT2D eigenvalue weighted by Crippen LogP contribution is 2.16. The predicted octanol–water partition coefficient (Wildman–Crippen LogP) is 1.55. The molecular weight excluding hydrogens is 216 g/mol. The van der Waals surface area contributed by atoms with E-state index in [1.165, 1.54) is 0 Å². The van der Waals surface area contributed by atoms with Crippen LogP contribution in [0.5, 0.6) is 0 Å². The van der Waals surface area contributed by atoms with Crippen LogP contribution in [-0.4, -0.2) is 25.7 Å². The molecule has 0 aliphatic heterocycles. The summed E-state index contributed by atoms with van der Waals surface area (Å²) in [4.78, 5) is 11.6.